The molecule has 0 radical (unpaired) electrons. The van der Waals surface area contributed by atoms with Gasteiger partial charge in [-0.1, -0.05) is 23.7 Å². The Morgan fingerprint density at radius 3 is 2.67 bits per heavy atom. The fourth-order valence-corrected chi connectivity index (χ4v) is 3.61. The number of rotatable bonds is 4. The predicted molar refractivity (Wildman–Crippen MR) is 89.0 cm³/mol. The molecule has 0 aromatic heterocycles. The molecule has 112 valence electrons. The van der Waals surface area contributed by atoms with Crippen molar-refractivity contribution < 1.29 is 8.42 Å². The van der Waals surface area contributed by atoms with E-state index in [0.29, 0.717) is 15.2 Å². The van der Waals surface area contributed by atoms with Gasteiger partial charge in [-0.25, -0.2) is 8.42 Å². The van der Waals surface area contributed by atoms with E-state index in [1.807, 2.05) is 6.92 Å². The summed E-state index contributed by atoms with van der Waals surface area (Å²) >= 11 is 9.23. The van der Waals surface area contributed by atoms with Crippen LogP contribution >= 0.6 is 27.5 Å². The summed E-state index contributed by atoms with van der Waals surface area (Å²) in [5.74, 6) is 0. The van der Waals surface area contributed by atoms with E-state index in [9.17, 15) is 8.42 Å². The van der Waals surface area contributed by atoms with Crippen LogP contribution in [0.1, 0.15) is 11.1 Å². The molecule has 2 aromatic rings. The molecule has 0 amide bonds. The van der Waals surface area contributed by atoms with Gasteiger partial charge in [-0.3, -0.25) is 4.72 Å². The maximum atomic E-state index is 12.4. The Kier molecular flexibility index (Phi) is 4.93. The Morgan fingerprint density at radius 2 is 2.00 bits per heavy atom. The first-order valence-corrected chi connectivity index (χ1v) is 8.77. The molecule has 0 fully saturated rings. The van der Waals surface area contributed by atoms with Crippen molar-refractivity contribution in [3.63, 3.8) is 0 Å². The average molecular weight is 390 g/mol. The SMILES string of the molecule is Cc1ccc(S(=O)(=O)Nc2cccc(Cl)c2Br)cc1CN. The molecule has 7 heteroatoms. The minimum Gasteiger partial charge on any atom is -0.326 e. The van der Waals surface area contributed by atoms with Crippen molar-refractivity contribution in [2.75, 3.05) is 4.72 Å². The topological polar surface area (TPSA) is 72.2 Å². The van der Waals surface area contributed by atoms with E-state index in [0.717, 1.165) is 11.1 Å². The molecule has 2 rings (SSSR count). The van der Waals surface area contributed by atoms with Crippen LogP contribution in [0.5, 0.6) is 0 Å². The van der Waals surface area contributed by atoms with Crippen LogP contribution in [-0.4, -0.2) is 8.42 Å². The third-order valence-corrected chi connectivity index (χ3v) is 5.81. The Morgan fingerprint density at radius 1 is 1.29 bits per heavy atom. The average Bonchev–Trinajstić information content (AvgIpc) is 2.44. The molecule has 0 saturated carbocycles. The van der Waals surface area contributed by atoms with Crippen molar-refractivity contribution in [2.24, 2.45) is 5.73 Å². The summed E-state index contributed by atoms with van der Waals surface area (Å²) in [4.78, 5) is 0.167. The normalized spacial score (nSPS) is 11.4. The lowest BCUT2D eigenvalue weighted by atomic mass is 10.1. The number of aryl methyl sites for hydroxylation is 1. The van der Waals surface area contributed by atoms with Gasteiger partial charge in [0.25, 0.3) is 10.0 Å². The summed E-state index contributed by atoms with van der Waals surface area (Å²) in [6, 6.07) is 9.84. The van der Waals surface area contributed by atoms with Gasteiger partial charge in [0, 0.05) is 6.54 Å². The van der Waals surface area contributed by atoms with Gasteiger partial charge in [0.2, 0.25) is 0 Å². The van der Waals surface area contributed by atoms with Crippen LogP contribution in [0.4, 0.5) is 5.69 Å². The van der Waals surface area contributed by atoms with Gasteiger partial charge in [-0.05, 0) is 58.2 Å². The zero-order valence-corrected chi connectivity index (χ0v) is 14.4. The summed E-state index contributed by atoms with van der Waals surface area (Å²) in [5, 5.41) is 0.432. The smallest absolute Gasteiger partial charge is 0.261 e. The molecule has 3 N–H and O–H groups in total. The summed E-state index contributed by atoms with van der Waals surface area (Å²) in [6.07, 6.45) is 0. The Labute approximate surface area is 137 Å². The van der Waals surface area contributed by atoms with Crippen LogP contribution in [-0.2, 0) is 16.6 Å². The lowest BCUT2D eigenvalue weighted by molar-refractivity contribution is 0.601. The fraction of sp³-hybridized carbons (Fsp3) is 0.143. The molecule has 2 aromatic carbocycles. The second-order valence-electron chi connectivity index (χ2n) is 4.50. The minimum absolute atomic E-state index is 0.167. The highest BCUT2D eigenvalue weighted by molar-refractivity contribution is 9.10. The van der Waals surface area contributed by atoms with E-state index >= 15 is 0 Å². The predicted octanol–water partition coefficient (Wildman–Crippen LogP) is 3.67. The molecule has 21 heavy (non-hydrogen) atoms. The number of nitrogens with one attached hydrogen (secondary N) is 1. The van der Waals surface area contributed by atoms with E-state index in [1.165, 1.54) is 0 Å². The van der Waals surface area contributed by atoms with Crippen LogP contribution in [0.2, 0.25) is 5.02 Å². The molecule has 0 aliphatic rings. The molecular formula is C14H14BrClN2O2S. The maximum absolute atomic E-state index is 12.4. The van der Waals surface area contributed by atoms with Gasteiger partial charge in [0.15, 0.2) is 0 Å². The standard InChI is InChI=1S/C14H14BrClN2O2S/c1-9-5-6-11(7-10(9)8-17)21(19,20)18-13-4-2-3-12(16)14(13)15/h2-7,18H,8,17H2,1H3. The molecule has 0 atom stereocenters. The molecule has 0 unspecified atom stereocenters. The molecule has 0 saturated heterocycles. The zero-order valence-electron chi connectivity index (χ0n) is 11.2. The van der Waals surface area contributed by atoms with Crippen molar-refractivity contribution in [1.82, 2.24) is 0 Å². The molecule has 0 aliphatic carbocycles. The molecule has 0 spiro atoms. The van der Waals surface area contributed by atoms with Crippen molar-refractivity contribution in [3.05, 3.63) is 57.0 Å². The van der Waals surface area contributed by atoms with Crippen molar-refractivity contribution in [1.29, 1.82) is 0 Å². The van der Waals surface area contributed by atoms with Crippen molar-refractivity contribution in [2.45, 2.75) is 18.4 Å². The number of halogens is 2. The molecule has 0 heterocycles. The number of anilines is 1. The first kappa shape index (κ1) is 16.3. The van der Waals surface area contributed by atoms with E-state index in [2.05, 4.69) is 20.7 Å². The number of hydrogen-bond acceptors (Lipinski definition) is 3. The van der Waals surface area contributed by atoms with E-state index in [1.54, 1.807) is 36.4 Å². The summed E-state index contributed by atoms with van der Waals surface area (Å²) in [6.45, 7) is 2.18. The van der Waals surface area contributed by atoms with E-state index in [-0.39, 0.29) is 11.4 Å². The van der Waals surface area contributed by atoms with Gasteiger partial charge in [-0.15, -0.1) is 0 Å². The molecule has 0 aliphatic heterocycles. The van der Waals surface area contributed by atoms with Gasteiger partial charge >= 0.3 is 0 Å². The highest BCUT2D eigenvalue weighted by Gasteiger charge is 2.17. The summed E-state index contributed by atoms with van der Waals surface area (Å²) in [7, 11) is -3.70. The van der Waals surface area contributed by atoms with E-state index < -0.39 is 10.0 Å². The third-order valence-electron chi connectivity index (χ3n) is 3.05. The molecule has 0 bridgehead atoms. The number of benzene rings is 2. The second kappa shape index (κ2) is 6.36. The first-order chi connectivity index (χ1) is 9.85. The fourth-order valence-electron chi connectivity index (χ4n) is 1.82. The number of hydrogen-bond donors (Lipinski definition) is 2. The molecule has 4 nitrogen and oxygen atoms in total. The zero-order chi connectivity index (χ0) is 15.6. The lowest BCUT2D eigenvalue weighted by Gasteiger charge is -2.12. The monoisotopic (exact) mass is 388 g/mol. The van der Waals surface area contributed by atoms with Gasteiger partial charge in [0.1, 0.15) is 0 Å². The largest absolute Gasteiger partial charge is 0.326 e. The highest BCUT2D eigenvalue weighted by Crippen LogP contribution is 2.31. The van der Waals surface area contributed by atoms with Crippen LogP contribution in [0.15, 0.2) is 45.8 Å². The van der Waals surface area contributed by atoms with Crippen LogP contribution in [0.25, 0.3) is 0 Å². The molecular weight excluding hydrogens is 376 g/mol. The van der Waals surface area contributed by atoms with Crippen LogP contribution in [0.3, 0.4) is 0 Å². The van der Waals surface area contributed by atoms with E-state index in [4.69, 9.17) is 17.3 Å². The number of sulfonamides is 1. The lowest BCUT2D eigenvalue weighted by Crippen LogP contribution is -2.14. The maximum Gasteiger partial charge on any atom is 0.261 e. The Balaban J connectivity index is 2.41. The van der Waals surface area contributed by atoms with Crippen LogP contribution < -0.4 is 10.5 Å². The van der Waals surface area contributed by atoms with Gasteiger partial charge in [-0.2, -0.15) is 0 Å². The number of nitrogens with two attached hydrogens (primary N) is 1. The first-order valence-electron chi connectivity index (χ1n) is 6.11. The van der Waals surface area contributed by atoms with Crippen LogP contribution in [0, 0.1) is 6.92 Å². The van der Waals surface area contributed by atoms with Gasteiger partial charge < -0.3 is 5.73 Å². The Bertz CT molecular complexity index is 779. The minimum atomic E-state index is -3.70. The second-order valence-corrected chi connectivity index (χ2v) is 7.38. The summed E-state index contributed by atoms with van der Waals surface area (Å²) in [5.41, 5.74) is 7.76. The Hall–Kier alpha value is -1.08. The summed E-state index contributed by atoms with van der Waals surface area (Å²) < 4.78 is 27.9. The van der Waals surface area contributed by atoms with Crippen molar-refractivity contribution >= 4 is 43.2 Å². The van der Waals surface area contributed by atoms with Crippen molar-refractivity contribution in [3.8, 4) is 0 Å². The third kappa shape index (κ3) is 3.58. The quantitative estimate of drug-likeness (QED) is 0.838. The van der Waals surface area contributed by atoms with Gasteiger partial charge in [0.05, 0.1) is 20.1 Å². The highest BCUT2D eigenvalue weighted by atomic mass is 79.9.